The average Bonchev–Trinajstić information content (AvgIpc) is 3.01. The molecule has 0 unspecified atom stereocenters. The minimum Gasteiger partial charge on any atom is -0.454 e. The molecule has 1 saturated heterocycles. The lowest BCUT2D eigenvalue weighted by molar-refractivity contribution is 0.0342. The number of carbonyl (C=O) groups is 3. The summed E-state index contributed by atoms with van der Waals surface area (Å²) in [6.45, 7) is 8.61. The zero-order valence-corrected chi connectivity index (χ0v) is 17.0. The molecule has 1 aromatic carbocycles. The van der Waals surface area contributed by atoms with Crippen molar-refractivity contribution in [2.75, 3.05) is 32.9 Å². The zero-order valence-electron chi connectivity index (χ0n) is 17.0. The number of H-pyrrole nitrogens is 1. The standard InChI is InChI=1S/C22H26N2O5/c1-14-20(16(3)25)15(2)23-21(14)19(26)13-29-22(27)18-6-4-17(5-7-18)12-24-8-10-28-11-9-24/h4-7,23H,8-13H2,1-3H3. The maximum absolute atomic E-state index is 12.4. The minimum absolute atomic E-state index is 0.107. The summed E-state index contributed by atoms with van der Waals surface area (Å²) in [4.78, 5) is 41.6. The topological polar surface area (TPSA) is 88.7 Å². The van der Waals surface area contributed by atoms with Crippen LogP contribution in [0.15, 0.2) is 24.3 Å². The van der Waals surface area contributed by atoms with E-state index in [1.54, 1.807) is 26.0 Å². The molecular weight excluding hydrogens is 372 g/mol. The van der Waals surface area contributed by atoms with Gasteiger partial charge in [0.05, 0.1) is 24.5 Å². The van der Waals surface area contributed by atoms with Crippen LogP contribution in [0.2, 0.25) is 0 Å². The minimum atomic E-state index is -0.552. The molecule has 7 heteroatoms. The molecule has 1 aliphatic rings. The van der Waals surface area contributed by atoms with Crippen LogP contribution in [0.25, 0.3) is 0 Å². The summed E-state index contributed by atoms with van der Waals surface area (Å²) in [7, 11) is 0. The van der Waals surface area contributed by atoms with Gasteiger partial charge in [-0.3, -0.25) is 14.5 Å². The number of nitrogens with zero attached hydrogens (tertiary/aromatic N) is 1. The van der Waals surface area contributed by atoms with Crippen LogP contribution in [0, 0.1) is 13.8 Å². The number of aromatic nitrogens is 1. The highest BCUT2D eigenvalue weighted by Gasteiger charge is 2.21. The molecule has 0 radical (unpaired) electrons. The van der Waals surface area contributed by atoms with Crippen molar-refractivity contribution in [2.24, 2.45) is 0 Å². The summed E-state index contributed by atoms with van der Waals surface area (Å²) in [5, 5.41) is 0. The van der Waals surface area contributed by atoms with Crippen molar-refractivity contribution in [3.05, 3.63) is 57.9 Å². The molecule has 1 fully saturated rings. The fraction of sp³-hybridized carbons (Fsp3) is 0.409. The van der Waals surface area contributed by atoms with Gasteiger partial charge in [-0.05, 0) is 44.0 Å². The number of ketones is 2. The van der Waals surface area contributed by atoms with Gasteiger partial charge in [-0.2, -0.15) is 0 Å². The van der Waals surface area contributed by atoms with Crippen molar-refractivity contribution in [1.29, 1.82) is 0 Å². The van der Waals surface area contributed by atoms with Crippen LogP contribution in [0.4, 0.5) is 0 Å². The van der Waals surface area contributed by atoms with Gasteiger partial charge in [-0.1, -0.05) is 12.1 Å². The van der Waals surface area contributed by atoms with Crippen LogP contribution in [-0.2, 0) is 16.0 Å². The normalized spacial score (nSPS) is 14.6. The van der Waals surface area contributed by atoms with Gasteiger partial charge in [-0.25, -0.2) is 4.79 Å². The van der Waals surface area contributed by atoms with E-state index in [-0.39, 0.29) is 18.2 Å². The first-order chi connectivity index (χ1) is 13.9. The molecule has 1 aromatic heterocycles. The second-order valence-corrected chi connectivity index (χ2v) is 7.27. The van der Waals surface area contributed by atoms with Crippen molar-refractivity contribution in [1.82, 2.24) is 9.88 Å². The smallest absolute Gasteiger partial charge is 0.338 e. The molecule has 0 atom stereocenters. The number of nitrogens with one attached hydrogen (secondary N) is 1. The van der Waals surface area contributed by atoms with Crippen LogP contribution in [0.3, 0.4) is 0 Å². The van der Waals surface area contributed by atoms with E-state index < -0.39 is 5.97 Å². The van der Waals surface area contributed by atoms with Crippen molar-refractivity contribution in [2.45, 2.75) is 27.3 Å². The van der Waals surface area contributed by atoms with Crippen molar-refractivity contribution in [3.8, 4) is 0 Å². The molecule has 1 aliphatic heterocycles. The van der Waals surface area contributed by atoms with Crippen molar-refractivity contribution >= 4 is 17.5 Å². The number of carbonyl (C=O) groups excluding carboxylic acids is 3. The molecule has 29 heavy (non-hydrogen) atoms. The maximum atomic E-state index is 12.4. The fourth-order valence-corrected chi connectivity index (χ4v) is 3.61. The molecule has 3 rings (SSSR count). The van der Waals surface area contributed by atoms with Gasteiger partial charge >= 0.3 is 5.97 Å². The highest BCUT2D eigenvalue weighted by Crippen LogP contribution is 2.19. The summed E-state index contributed by atoms with van der Waals surface area (Å²) in [5.41, 5.74) is 3.54. The van der Waals surface area contributed by atoms with E-state index in [2.05, 4.69) is 9.88 Å². The lowest BCUT2D eigenvalue weighted by Gasteiger charge is -2.26. The highest BCUT2D eigenvalue weighted by molar-refractivity contribution is 6.04. The maximum Gasteiger partial charge on any atom is 0.338 e. The molecule has 0 spiro atoms. The number of rotatable bonds is 7. The van der Waals surface area contributed by atoms with E-state index in [1.807, 2.05) is 12.1 Å². The van der Waals surface area contributed by atoms with Crippen LogP contribution in [0.1, 0.15) is 54.9 Å². The monoisotopic (exact) mass is 398 g/mol. The van der Waals surface area contributed by atoms with Gasteiger partial charge in [0.2, 0.25) is 5.78 Å². The van der Waals surface area contributed by atoms with E-state index in [1.165, 1.54) is 6.92 Å². The Morgan fingerprint density at radius 3 is 2.34 bits per heavy atom. The summed E-state index contributed by atoms with van der Waals surface area (Å²) in [6.07, 6.45) is 0. The Hall–Kier alpha value is -2.77. The van der Waals surface area contributed by atoms with Crippen LogP contribution in [-0.4, -0.2) is 60.3 Å². The number of benzene rings is 1. The zero-order chi connectivity index (χ0) is 21.0. The van der Waals surface area contributed by atoms with Gasteiger partial charge in [0, 0.05) is 30.9 Å². The lowest BCUT2D eigenvalue weighted by Crippen LogP contribution is -2.35. The molecule has 0 bridgehead atoms. The van der Waals surface area contributed by atoms with Crippen LogP contribution in [0.5, 0.6) is 0 Å². The SMILES string of the molecule is CC(=O)c1c(C)[nH]c(C(=O)COC(=O)c2ccc(CN3CCOCC3)cc2)c1C. The van der Waals surface area contributed by atoms with E-state index in [0.717, 1.165) is 38.4 Å². The first-order valence-electron chi connectivity index (χ1n) is 9.66. The predicted octanol–water partition coefficient (Wildman–Crippen LogP) is 2.71. The number of morpholine rings is 1. The molecule has 0 amide bonds. The quantitative estimate of drug-likeness (QED) is 0.570. The number of aryl methyl sites for hydroxylation is 1. The Morgan fingerprint density at radius 1 is 1.10 bits per heavy atom. The Labute approximate surface area is 170 Å². The lowest BCUT2D eigenvalue weighted by atomic mass is 10.1. The summed E-state index contributed by atoms with van der Waals surface area (Å²) in [5.74, 6) is -1.02. The number of Topliss-reactive ketones (excluding diaryl/α,β-unsaturated/α-hetero) is 2. The second kappa shape index (κ2) is 9.15. The van der Waals surface area contributed by atoms with Crippen molar-refractivity contribution in [3.63, 3.8) is 0 Å². The third-order valence-corrected chi connectivity index (χ3v) is 5.10. The molecule has 2 heterocycles. The first-order valence-corrected chi connectivity index (χ1v) is 9.66. The molecular formula is C22H26N2O5. The Bertz CT molecular complexity index is 908. The second-order valence-electron chi connectivity index (χ2n) is 7.27. The van der Waals surface area contributed by atoms with Crippen LogP contribution < -0.4 is 0 Å². The fourth-order valence-electron chi connectivity index (χ4n) is 3.61. The van der Waals surface area contributed by atoms with Gasteiger partial charge < -0.3 is 14.5 Å². The van der Waals surface area contributed by atoms with Crippen LogP contribution >= 0.6 is 0 Å². The van der Waals surface area contributed by atoms with Gasteiger partial charge in [-0.15, -0.1) is 0 Å². The number of hydrogen-bond acceptors (Lipinski definition) is 6. The number of hydrogen-bond donors (Lipinski definition) is 1. The van der Waals surface area contributed by atoms with Crippen molar-refractivity contribution < 1.29 is 23.9 Å². The summed E-state index contributed by atoms with van der Waals surface area (Å²) < 4.78 is 10.5. The molecule has 7 nitrogen and oxygen atoms in total. The predicted molar refractivity (Wildman–Crippen MR) is 107 cm³/mol. The number of esters is 1. The summed E-state index contributed by atoms with van der Waals surface area (Å²) in [6, 6.07) is 7.21. The molecule has 1 N–H and O–H groups in total. The van der Waals surface area contributed by atoms with Gasteiger partial charge in [0.25, 0.3) is 0 Å². The first kappa shape index (κ1) is 21.0. The Kier molecular flexibility index (Phi) is 6.61. The largest absolute Gasteiger partial charge is 0.454 e. The summed E-state index contributed by atoms with van der Waals surface area (Å²) >= 11 is 0. The average molecular weight is 398 g/mol. The number of ether oxygens (including phenoxy) is 2. The van der Waals surface area contributed by atoms with E-state index >= 15 is 0 Å². The highest BCUT2D eigenvalue weighted by atomic mass is 16.5. The van der Waals surface area contributed by atoms with E-state index in [4.69, 9.17) is 9.47 Å². The third kappa shape index (κ3) is 4.99. The van der Waals surface area contributed by atoms with E-state index in [0.29, 0.717) is 28.1 Å². The van der Waals surface area contributed by atoms with Gasteiger partial charge in [0.15, 0.2) is 12.4 Å². The molecule has 2 aromatic rings. The van der Waals surface area contributed by atoms with E-state index in [9.17, 15) is 14.4 Å². The molecule has 0 aliphatic carbocycles. The Balaban J connectivity index is 1.57. The molecule has 0 saturated carbocycles. The number of aromatic amines is 1. The Morgan fingerprint density at radius 2 is 1.76 bits per heavy atom. The molecule has 154 valence electrons. The van der Waals surface area contributed by atoms with Gasteiger partial charge in [0.1, 0.15) is 0 Å². The third-order valence-electron chi connectivity index (χ3n) is 5.10.